The van der Waals surface area contributed by atoms with E-state index < -0.39 is 0 Å². The van der Waals surface area contributed by atoms with Gasteiger partial charge in [0.1, 0.15) is 0 Å². The highest BCUT2D eigenvalue weighted by atomic mass is 14.3. The van der Waals surface area contributed by atoms with Crippen molar-refractivity contribution in [2.45, 2.75) is 46.5 Å². The molecule has 0 N–H and O–H groups in total. The SMILES string of the molecule is C=C(C)/C(=C\C)c1cc(C2CC2)ccc1C.C=CC. The van der Waals surface area contributed by atoms with Gasteiger partial charge >= 0.3 is 0 Å². The van der Waals surface area contributed by atoms with E-state index in [0.29, 0.717) is 0 Å². The summed E-state index contributed by atoms with van der Waals surface area (Å²) in [7, 11) is 0. The van der Waals surface area contributed by atoms with Crippen LogP contribution in [0.25, 0.3) is 5.57 Å². The molecule has 102 valence electrons. The van der Waals surface area contributed by atoms with Crippen molar-refractivity contribution in [2.24, 2.45) is 0 Å². The summed E-state index contributed by atoms with van der Waals surface area (Å²) in [5.41, 5.74) is 6.65. The molecule has 0 aliphatic heterocycles. The van der Waals surface area contributed by atoms with E-state index in [1.54, 1.807) is 6.08 Å². The highest BCUT2D eigenvalue weighted by molar-refractivity contribution is 5.79. The molecule has 0 radical (unpaired) electrons. The Labute approximate surface area is 118 Å². The van der Waals surface area contributed by atoms with Crippen molar-refractivity contribution < 1.29 is 0 Å². The molecule has 0 bridgehead atoms. The Morgan fingerprint density at radius 1 is 1.26 bits per heavy atom. The minimum Gasteiger partial charge on any atom is -0.103 e. The highest BCUT2D eigenvalue weighted by Crippen LogP contribution is 2.41. The van der Waals surface area contributed by atoms with Gasteiger partial charge < -0.3 is 0 Å². The smallest absolute Gasteiger partial charge is 0.0153 e. The Morgan fingerprint density at radius 2 is 1.84 bits per heavy atom. The maximum Gasteiger partial charge on any atom is -0.0153 e. The van der Waals surface area contributed by atoms with Gasteiger partial charge in [0.2, 0.25) is 0 Å². The molecule has 0 spiro atoms. The van der Waals surface area contributed by atoms with Gasteiger partial charge in [-0.3, -0.25) is 0 Å². The Hall–Kier alpha value is -1.56. The average molecular weight is 254 g/mol. The minimum absolute atomic E-state index is 0.822. The van der Waals surface area contributed by atoms with Gasteiger partial charge in [-0.25, -0.2) is 0 Å². The molecule has 0 heterocycles. The minimum atomic E-state index is 0.822. The molecule has 1 saturated carbocycles. The van der Waals surface area contributed by atoms with E-state index in [0.717, 1.165) is 11.5 Å². The predicted molar refractivity (Wildman–Crippen MR) is 87.5 cm³/mol. The molecule has 1 aromatic carbocycles. The lowest BCUT2D eigenvalue weighted by Gasteiger charge is -2.12. The fraction of sp³-hybridized carbons (Fsp3) is 0.368. The first-order chi connectivity index (χ1) is 9.04. The third kappa shape index (κ3) is 4.24. The zero-order valence-corrected chi connectivity index (χ0v) is 12.8. The molecular weight excluding hydrogens is 228 g/mol. The summed E-state index contributed by atoms with van der Waals surface area (Å²) in [4.78, 5) is 0. The van der Waals surface area contributed by atoms with Gasteiger partial charge in [0.15, 0.2) is 0 Å². The van der Waals surface area contributed by atoms with Gasteiger partial charge in [0.05, 0.1) is 0 Å². The van der Waals surface area contributed by atoms with Crippen molar-refractivity contribution in [2.75, 3.05) is 0 Å². The second-order valence-electron chi connectivity index (χ2n) is 5.24. The zero-order valence-electron chi connectivity index (χ0n) is 12.8. The average Bonchev–Trinajstić information content (AvgIpc) is 3.17. The molecule has 0 aromatic heterocycles. The summed E-state index contributed by atoms with van der Waals surface area (Å²) in [5.74, 6) is 0.822. The Kier molecular flexibility index (Phi) is 5.82. The predicted octanol–water partition coefficient (Wildman–Crippen LogP) is 6.04. The summed E-state index contributed by atoms with van der Waals surface area (Å²) < 4.78 is 0. The molecule has 2 rings (SSSR count). The standard InChI is InChI=1S/C16H20.C3H6/c1-5-15(11(2)3)16-10-14(13-8-9-13)7-6-12(16)4;1-3-2/h5-7,10,13H,2,8-9H2,1,3-4H3;3H,1H2,2H3/b15-5+;. The largest absolute Gasteiger partial charge is 0.103 e. The van der Waals surface area contributed by atoms with E-state index in [2.05, 4.69) is 58.2 Å². The van der Waals surface area contributed by atoms with Crippen molar-refractivity contribution >= 4 is 5.57 Å². The second-order valence-corrected chi connectivity index (χ2v) is 5.24. The van der Waals surface area contributed by atoms with Crippen LogP contribution in [-0.2, 0) is 0 Å². The van der Waals surface area contributed by atoms with E-state index in [4.69, 9.17) is 0 Å². The molecule has 19 heavy (non-hydrogen) atoms. The molecular formula is C19H26. The fourth-order valence-electron chi connectivity index (χ4n) is 2.23. The Bertz CT molecular complexity index is 485. The molecule has 0 unspecified atom stereocenters. The first-order valence-corrected chi connectivity index (χ1v) is 7.05. The lowest BCUT2D eigenvalue weighted by molar-refractivity contribution is 1.12. The van der Waals surface area contributed by atoms with Gasteiger partial charge in [-0.05, 0) is 68.7 Å². The van der Waals surface area contributed by atoms with Crippen LogP contribution in [0, 0.1) is 6.92 Å². The number of allylic oxidation sites excluding steroid dienone is 4. The van der Waals surface area contributed by atoms with Gasteiger partial charge in [-0.1, -0.05) is 42.5 Å². The number of rotatable bonds is 3. The van der Waals surface area contributed by atoms with Crippen LogP contribution in [0.15, 0.2) is 49.1 Å². The number of hydrogen-bond acceptors (Lipinski definition) is 0. The Morgan fingerprint density at radius 3 is 2.26 bits per heavy atom. The van der Waals surface area contributed by atoms with E-state index in [1.165, 1.54) is 35.1 Å². The monoisotopic (exact) mass is 254 g/mol. The van der Waals surface area contributed by atoms with Crippen LogP contribution >= 0.6 is 0 Å². The normalized spacial score (nSPS) is 14.4. The molecule has 0 nitrogen and oxygen atoms in total. The third-order valence-electron chi connectivity index (χ3n) is 3.35. The van der Waals surface area contributed by atoms with Crippen LogP contribution in [0.4, 0.5) is 0 Å². The van der Waals surface area contributed by atoms with Crippen molar-refractivity contribution in [3.63, 3.8) is 0 Å². The van der Waals surface area contributed by atoms with Crippen LogP contribution in [0.5, 0.6) is 0 Å². The molecule has 0 atom stereocenters. The maximum absolute atomic E-state index is 4.07. The fourth-order valence-corrected chi connectivity index (χ4v) is 2.23. The zero-order chi connectivity index (χ0) is 14.4. The van der Waals surface area contributed by atoms with Crippen LogP contribution in [-0.4, -0.2) is 0 Å². The van der Waals surface area contributed by atoms with Gasteiger partial charge in [0.25, 0.3) is 0 Å². The summed E-state index contributed by atoms with van der Waals surface area (Å²) in [6.07, 6.45) is 6.64. The lowest BCUT2D eigenvalue weighted by Crippen LogP contribution is -1.92. The lowest BCUT2D eigenvalue weighted by atomic mass is 9.93. The molecule has 0 saturated heterocycles. The first-order valence-electron chi connectivity index (χ1n) is 7.05. The first kappa shape index (κ1) is 15.5. The second kappa shape index (κ2) is 7.13. The van der Waals surface area contributed by atoms with Crippen LogP contribution < -0.4 is 0 Å². The summed E-state index contributed by atoms with van der Waals surface area (Å²) in [6, 6.07) is 6.88. The molecule has 0 amide bonds. The van der Waals surface area contributed by atoms with Crippen molar-refractivity contribution in [3.05, 3.63) is 65.8 Å². The van der Waals surface area contributed by atoms with Crippen molar-refractivity contribution in [3.8, 4) is 0 Å². The number of hydrogen-bond donors (Lipinski definition) is 0. The molecule has 1 aromatic rings. The van der Waals surface area contributed by atoms with Crippen LogP contribution in [0.2, 0.25) is 0 Å². The summed E-state index contributed by atoms with van der Waals surface area (Å²) in [5, 5.41) is 0. The number of aryl methyl sites for hydroxylation is 1. The van der Waals surface area contributed by atoms with Gasteiger partial charge in [-0.2, -0.15) is 0 Å². The maximum atomic E-state index is 4.07. The third-order valence-corrected chi connectivity index (χ3v) is 3.35. The van der Waals surface area contributed by atoms with Crippen molar-refractivity contribution in [1.29, 1.82) is 0 Å². The molecule has 1 fully saturated rings. The molecule has 0 heteroatoms. The van der Waals surface area contributed by atoms with Crippen LogP contribution in [0.1, 0.15) is 56.2 Å². The highest BCUT2D eigenvalue weighted by Gasteiger charge is 2.24. The van der Waals surface area contributed by atoms with Crippen LogP contribution in [0.3, 0.4) is 0 Å². The van der Waals surface area contributed by atoms with E-state index in [9.17, 15) is 0 Å². The molecule has 1 aliphatic rings. The van der Waals surface area contributed by atoms with E-state index in [-0.39, 0.29) is 0 Å². The van der Waals surface area contributed by atoms with Gasteiger partial charge in [0, 0.05) is 0 Å². The topological polar surface area (TPSA) is 0 Å². The summed E-state index contributed by atoms with van der Waals surface area (Å²) in [6.45, 7) is 15.7. The quantitative estimate of drug-likeness (QED) is 0.455. The van der Waals surface area contributed by atoms with Gasteiger partial charge in [-0.15, -0.1) is 6.58 Å². The van der Waals surface area contributed by atoms with Crippen molar-refractivity contribution in [1.82, 2.24) is 0 Å². The van der Waals surface area contributed by atoms with E-state index in [1.807, 2.05) is 6.92 Å². The van der Waals surface area contributed by atoms with E-state index >= 15 is 0 Å². The molecule has 1 aliphatic carbocycles. The summed E-state index contributed by atoms with van der Waals surface area (Å²) >= 11 is 0. The Balaban J connectivity index is 0.000000550. The number of benzene rings is 1.